The van der Waals surface area contributed by atoms with Crippen LogP contribution in [-0.4, -0.2) is 38.5 Å². The lowest BCUT2D eigenvalue weighted by atomic mass is 10.1. The Morgan fingerprint density at radius 1 is 1.08 bits per heavy atom. The van der Waals surface area contributed by atoms with Gasteiger partial charge in [-0.3, -0.25) is 4.90 Å². The van der Waals surface area contributed by atoms with Crippen LogP contribution in [0.4, 0.5) is 18.3 Å². The average Bonchev–Trinajstić information content (AvgIpc) is 3.38. The number of nitrogen functional groups attached to an aromatic ring is 1. The quantitative estimate of drug-likeness (QED) is 0.435. The Hall–Kier alpha value is -2.98. The molecule has 1 fully saturated rings. The molecule has 2 N–H and O–H groups in total. The van der Waals surface area contributed by atoms with Crippen molar-refractivity contribution in [3.8, 4) is 17.1 Å². The van der Waals surface area contributed by atoms with Gasteiger partial charge in [0.15, 0.2) is 10.9 Å². The summed E-state index contributed by atoms with van der Waals surface area (Å²) >= 11 is 1.45. The first-order valence-electron chi connectivity index (χ1n) is 12.1. The molecule has 6 nitrogen and oxygen atoms in total. The van der Waals surface area contributed by atoms with Gasteiger partial charge in [0.1, 0.15) is 11.5 Å². The minimum atomic E-state index is -4.40. The predicted molar refractivity (Wildman–Crippen MR) is 134 cm³/mol. The van der Waals surface area contributed by atoms with Crippen LogP contribution in [0.25, 0.3) is 17.0 Å². The number of allylic oxidation sites excluding steroid dienone is 1. The van der Waals surface area contributed by atoms with Crippen LogP contribution in [0.3, 0.4) is 0 Å². The minimum absolute atomic E-state index is 0.336. The Bertz CT molecular complexity index is 1260. The van der Waals surface area contributed by atoms with Crippen molar-refractivity contribution in [2.75, 3.05) is 12.3 Å². The molecule has 0 amide bonds. The Labute approximate surface area is 212 Å². The molecule has 3 heterocycles. The maximum atomic E-state index is 13.1. The van der Waals surface area contributed by atoms with E-state index in [9.17, 15) is 13.2 Å². The largest absolute Gasteiger partial charge is 0.437 e. The number of nitrogens with two attached hydrogens (primary N) is 1. The third-order valence-electron chi connectivity index (χ3n) is 6.85. The molecular weight excluding hydrogens is 487 g/mol. The van der Waals surface area contributed by atoms with Crippen LogP contribution >= 0.6 is 11.3 Å². The Morgan fingerprint density at radius 3 is 2.50 bits per heavy atom. The smallest absolute Gasteiger partial charge is 0.416 e. The van der Waals surface area contributed by atoms with E-state index in [0.29, 0.717) is 52.4 Å². The van der Waals surface area contributed by atoms with E-state index < -0.39 is 11.7 Å². The highest BCUT2D eigenvalue weighted by atomic mass is 32.1. The summed E-state index contributed by atoms with van der Waals surface area (Å²) < 4.78 is 45.4. The lowest BCUT2D eigenvalue weighted by Gasteiger charge is -2.25. The van der Waals surface area contributed by atoms with Gasteiger partial charge >= 0.3 is 6.18 Å². The van der Waals surface area contributed by atoms with Crippen LogP contribution in [0.1, 0.15) is 55.1 Å². The second-order valence-electron chi connectivity index (χ2n) is 9.38. The van der Waals surface area contributed by atoms with Crippen molar-refractivity contribution < 1.29 is 17.9 Å². The number of anilines is 1. The van der Waals surface area contributed by atoms with E-state index in [1.54, 1.807) is 6.07 Å². The maximum Gasteiger partial charge on any atom is 0.416 e. The molecule has 5 rings (SSSR count). The highest BCUT2D eigenvalue weighted by Crippen LogP contribution is 2.35. The number of halogens is 3. The molecule has 1 saturated heterocycles. The van der Waals surface area contributed by atoms with Crippen molar-refractivity contribution in [3.05, 3.63) is 58.4 Å². The highest BCUT2D eigenvalue weighted by Gasteiger charge is 2.30. The van der Waals surface area contributed by atoms with Crippen molar-refractivity contribution in [1.82, 2.24) is 19.9 Å². The van der Waals surface area contributed by atoms with E-state index in [-0.39, 0.29) is 0 Å². The fourth-order valence-corrected chi connectivity index (χ4v) is 5.75. The molecule has 2 aromatic heterocycles. The van der Waals surface area contributed by atoms with E-state index in [1.165, 1.54) is 23.5 Å². The van der Waals surface area contributed by atoms with E-state index in [4.69, 9.17) is 15.5 Å². The minimum Gasteiger partial charge on any atom is -0.437 e. The van der Waals surface area contributed by atoms with Crippen molar-refractivity contribution >= 4 is 22.2 Å². The van der Waals surface area contributed by atoms with E-state index in [0.717, 1.165) is 54.9 Å². The second kappa shape index (κ2) is 9.82. The first-order chi connectivity index (χ1) is 17.2. The number of ether oxygens (including phenoxy) is 1. The Balaban J connectivity index is 1.45. The zero-order valence-corrected chi connectivity index (χ0v) is 21.0. The van der Waals surface area contributed by atoms with Gasteiger partial charge in [-0.1, -0.05) is 12.1 Å². The molecule has 0 bridgehead atoms. The Kier molecular flexibility index (Phi) is 6.74. The maximum absolute atomic E-state index is 13.1. The normalized spacial score (nSPS) is 20.3. The predicted octanol–water partition coefficient (Wildman–Crippen LogP) is 5.98. The molecule has 2 unspecified atom stereocenters. The lowest BCUT2D eigenvalue weighted by molar-refractivity contribution is -0.137. The van der Waals surface area contributed by atoms with Crippen LogP contribution in [0, 0.1) is 0 Å². The van der Waals surface area contributed by atoms with Crippen molar-refractivity contribution in [2.24, 2.45) is 0 Å². The van der Waals surface area contributed by atoms with Crippen LogP contribution in [0.15, 0.2) is 36.4 Å². The number of hydrogen-bond acceptors (Lipinski definition) is 7. The number of alkyl halides is 3. The van der Waals surface area contributed by atoms with Gasteiger partial charge in [-0.25, -0.2) is 9.97 Å². The molecule has 2 atom stereocenters. The standard InChI is InChI=1S/C26H28F3N5OS/c1-15-6-7-16(2)34(15)13-12-22-31-19(17-8-10-18(11-9-17)26(27,28)29)14-23(32-22)35-20-4-3-5-21-24(20)33-25(30)36-21/h4,8-11,14-16H,3,5-7,12-13H2,1-2H3,(H2,30,33). The van der Waals surface area contributed by atoms with Gasteiger partial charge in [0.05, 0.1) is 11.3 Å². The molecule has 2 aliphatic rings. The first-order valence-corrected chi connectivity index (χ1v) is 12.9. The molecule has 0 radical (unpaired) electrons. The number of aryl methyl sites for hydroxylation is 1. The number of fused-ring (bicyclic) bond motifs is 1. The fraction of sp³-hybridized carbons (Fsp3) is 0.423. The van der Waals surface area contributed by atoms with Gasteiger partial charge in [0.25, 0.3) is 0 Å². The lowest BCUT2D eigenvalue weighted by Crippen LogP contribution is -2.34. The molecule has 36 heavy (non-hydrogen) atoms. The number of rotatable bonds is 6. The molecule has 190 valence electrons. The number of aromatic nitrogens is 3. The zero-order valence-electron chi connectivity index (χ0n) is 20.2. The van der Waals surface area contributed by atoms with Crippen molar-refractivity contribution in [3.63, 3.8) is 0 Å². The molecule has 0 spiro atoms. The number of hydrogen-bond donors (Lipinski definition) is 1. The zero-order chi connectivity index (χ0) is 25.4. The molecule has 1 aliphatic heterocycles. The molecule has 1 aliphatic carbocycles. The third kappa shape index (κ3) is 5.24. The summed E-state index contributed by atoms with van der Waals surface area (Å²) in [6, 6.07) is 7.66. The summed E-state index contributed by atoms with van der Waals surface area (Å²) in [6.07, 6.45) is 2.16. The van der Waals surface area contributed by atoms with Gasteiger partial charge in [-0.15, -0.1) is 11.3 Å². The number of thiazole rings is 1. The van der Waals surface area contributed by atoms with Gasteiger partial charge in [0, 0.05) is 41.6 Å². The van der Waals surface area contributed by atoms with E-state index in [2.05, 4.69) is 28.7 Å². The molecular formula is C26H28F3N5OS. The monoisotopic (exact) mass is 515 g/mol. The van der Waals surface area contributed by atoms with E-state index in [1.807, 2.05) is 6.08 Å². The Morgan fingerprint density at radius 2 is 1.81 bits per heavy atom. The SMILES string of the molecule is CC1CCC(C)N1CCc1nc(OC2=CCCc3sc(N)nc32)cc(-c2ccc(C(F)(F)F)cc2)n1. The molecule has 0 saturated carbocycles. The molecule has 1 aromatic carbocycles. The summed E-state index contributed by atoms with van der Waals surface area (Å²) in [4.78, 5) is 17.3. The number of nitrogens with zero attached hydrogens (tertiary/aromatic N) is 4. The summed E-state index contributed by atoms with van der Waals surface area (Å²) in [5, 5.41) is 0.485. The summed E-state index contributed by atoms with van der Waals surface area (Å²) in [5.41, 5.74) is 7.02. The summed E-state index contributed by atoms with van der Waals surface area (Å²) in [5.74, 6) is 1.51. The van der Waals surface area contributed by atoms with Crippen molar-refractivity contribution in [2.45, 2.75) is 64.2 Å². The molecule has 3 aromatic rings. The van der Waals surface area contributed by atoms with Gasteiger partial charge in [0.2, 0.25) is 5.88 Å². The fourth-order valence-electron chi connectivity index (χ4n) is 4.90. The highest BCUT2D eigenvalue weighted by molar-refractivity contribution is 7.15. The number of benzene rings is 1. The van der Waals surface area contributed by atoms with Gasteiger partial charge in [-0.2, -0.15) is 18.2 Å². The first kappa shape index (κ1) is 24.7. The topological polar surface area (TPSA) is 77.2 Å². The van der Waals surface area contributed by atoms with Crippen LogP contribution in [0.2, 0.25) is 0 Å². The van der Waals surface area contributed by atoms with Crippen molar-refractivity contribution in [1.29, 1.82) is 0 Å². The van der Waals surface area contributed by atoms with E-state index >= 15 is 0 Å². The number of likely N-dealkylation sites (tertiary alicyclic amines) is 1. The molecule has 10 heteroatoms. The summed E-state index contributed by atoms with van der Waals surface area (Å²) in [7, 11) is 0. The third-order valence-corrected chi connectivity index (χ3v) is 7.79. The van der Waals surface area contributed by atoms with Crippen LogP contribution in [0.5, 0.6) is 5.88 Å². The van der Waals surface area contributed by atoms with Gasteiger partial charge in [-0.05, 0) is 57.7 Å². The van der Waals surface area contributed by atoms with Gasteiger partial charge < -0.3 is 10.5 Å². The average molecular weight is 516 g/mol. The second-order valence-corrected chi connectivity index (χ2v) is 10.5. The van der Waals surface area contributed by atoms with Crippen LogP contribution < -0.4 is 10.5 Å². The van der Waals surface area contributed by atoms with Crippen LogP contribution in [-0.2, 0) is 19.0 Å². The summed E-state index contributed by atoms with van der Waals surface area (Å²) in [6.45, 7) is 5.25.